The number of aliphatic carboxylic acids is 1. The minimum absolute atomic E-state index is 0.00383. The summed E-state index contributed by atoms with van der Waals surface area (Å²) < 4.78 is 42.1. The predicted molar refractivity (Wildman–Crippen MR) is 173 cm³/mol. The van der Waals surface area contributed by atoms with Crippen LogP contribution in [0.1, 0.15) is 46.6 Å². The maximum Gasteiger partial charge on any atom is 0.326 e. The summed E-state index contributed by atoms with van der Waals surface area (Å²) >= 11 is 0. The van der Waals surface area contributed by atoms with Gasteiger partial charge in [0.05, 0.1) is 33.6 Å². The van der Waals surface area contributed by atoms with E-state index in [0.717, 1.165) is 11.6 Å². The second kappa shape index (κ2) is 14.7. The zero-order valence-corrected chi connectivity index (χ0v) is 26.4. The van der Waals surface area contributed by atoms with Crippen molar-refractivity contribution < 1.29 is 32.3 Å². The lowest BCUT2D eigenvalue weighted by atomic mass is 10.0. The average molecular weight is 662 g/mol. The minimum atomic E-state index is -4.10. The first-order valence-electron chi connectivity index (χ1n) is 14.4. The Hall–Kier alpha value is -5.55. The van der Waals surface area contributed by atoms with Gasteiger partial charge in [0.2, 0.25) is 5.91 Å². The molecule has 1 aromatic heterocycles. The number of carboxylic acid groups (broad SMARTS) is 1. The van der Waals surface area contributed by atoms with Gasteiger partial charge in [-0.1, -0.05) is 30.2 Å². The minimum Gasteiger partial charge on any atom is -0.480 e. The van der Waals surface area contributed by atoms with Crippen LogP contribution in [0.4, 0.5) is 10.1 Å². The Labute approximate surface area is 270 Å². The quantitative estimate of drug-likeness (QED) is 0.157. The maximum absolute atomic E-state index is 15.4. The molecule has 0 saturated carbocycles. The molecule has 1 atom stereocenters. The summed E-state index contributed by atoms with van der Waals surface area (Å²) in [7, 11) is -4.10. The van der Waals surface area contributed by atoms with Crippen molar-refractivity contribution in [2.45, 2.75) is 50.6 Å². The number of carbonyl (C=O) groups is 3. The highest BCUT2D eigenvalue weighted by Crippen LogP contribution is 2.28. The Bertz CT molecular complexity index is 2040. The van der Waals surface area contributed by atoms with E-state index in [2.05, 4.69) is 21.2 Å². The predicted octanol–water partition coefficient (Wildman–Crippen LogP) is 3.18. The smallest absolute Gasteiger partial charge is 0.326 e. The van der Waals surface area contributed by atoms with Crippen LogP contribution in [0.3, 0.4) is 0 Å². The lowest BCUT2D eigenvalue weighted by Gasteiger charge is -2.27. The van der Waals surface area contributed by atoms with Gasteiger partial charge in [0.1, 0.15) is 17.7 Å². The highest BCUT2D eigenvalue weighted by Gasteiger charge is 2.26. The van der Waals surface area contributed by atoms with E-state index in [1.54, 1.807) is 32.0 Å². The third-order valence-corrected chi connectivity index (χ3v) is 8.66. The van der Waals surface area contributed by atoms with E-state index in [1.807, 2.05) is 4.72 Å². The first kappa shape index (κ1) is 34.3. The third-order valence-electron chi connectivity index (χ3n) is 7.27. The first-order valence-corrected chi connectivity index (χ1v) is 15.9. The molecule has 14 heteroatoms. The van der Waals surface area contributed by atoms with Crippen molar-refractivity contribution in [1.82, 2.24) is 20.0 Å². The molecule has 0 spiro atoms. The molecular weight excluding hydrogens is 629 g/mol. The number of aromatic nitrogens is 2. The van der Waals surface area contributed by atoms with Crippen molar-refractivity contribution in [3.05, 3.63) is 99.3 Å². The van der Waals surface area contributed by atoms with Gasteiger partial charge in [0.15, 0.2) is 0 Å². The zero-order chi connectivity index (χ0) is 34.3. The summed E-state index contributed by atoms with van der Waals surface area (Å²) in [5.74, 6) is -1.05. The van der Waals surface area contributed by atoms with E-state index >= 15 is 4.39 Å². The fraction of sp³-hybridized carbons (Fsp3) is 0.242. The number of amides is 2. The lowest BCUT2D eigenvalue weighted by Crippen LogP contribution is -2.41. The van der Waals surface area contributed by atoms with Gasteiger partial charge >= 0.3 is 5.97 Å². The number of aryl methyl sites for hydroxylation is 2. The van der Waals surface area contributed by atoms with E-state index in [9.17, 15) is 32.7 Å². The van der Waals surface area contributed by atoms with Gasteiger partial charge in [0, 0.05) is 13.0 Å². The van der Waals surface area contributed by atoms with Crippen molar-refractivity contribution in [1.29, 1.82) is 0 Å². The number of nitrogens with zero attached hydrogens (tertiary/aromatic N) is 2. The van der Waals surface area contributed by atoms with Crippen LogP contribution in [-0.4, -0.2) is 53.9 Å². The number of benzene rings is 3. The molecule has 1 unspecified atom stereocenters. The van der Waals surface area contributed by atoms with Crippen molar-refractivity contribution in [2.24, 2.45) is 0 Å². The third kappa shape index (κ3) is 8.39. The highest BCUT2D eigenvalue weighted by atomic mass is 32.2. The first-order chi connectivity index (χ1) is 22.3. The van der Waals surface area contributed by atoms with E-state index in [1.165, 1.54) is 41.3 Å². The van der Waals surface area contributed by atoms with Crippen molar-refractivity contribution in [2.75, 3.05) is 11.4 Å². The number of H-pyrrole nitrogens is 1. The Morgan fingerprint density at radius 1 is 1.11 bits per heavy atom. The van der Waals surface area contributed by atoms with Gasteiger partial charge in [-0.2, -0.15) is 0 Å². The Balaban J connectivity index is 1.51. The molecule has 3 aromatic carbocycles. The van der Waals surface area contributed by atoms with E-state index in [4.69, 9.17) is 6.42 Å². The van der Waals surface area contributed by atoms with Crippen LogP contribution in [-0.2, 0) is 26.2 Å². The molecule has 0 aliphatic carbocycles. The molecule has 47 heavy (non-hydrogen) atoms. The number of hydrogen-bond acceptors (Lipinski definition) is 8. The van der Waals surface area contributed by atoms with Gasteiger partial charge in [0.25, 0.3) is 21.5 Å². The number of carbonyl (C=O) groups excluding carboxylic acids is 2. The number of aromatic amines is 1. The molecular formula is C33H32FN5O7S. The van der Waals surface area contributed by atoms with Crippen LogP contribution in [0.25, 0.3) is 10.9 Å². The number of carboxylic acids is 1. The number of rotatable bonds is 13. The van der Waals surface area contributed by atoms with Crippen molar-refractivity contribution in [3.8, 4) is 12.3 Å². The van der Waals surface area contributed by atoms with Gasteiger partial charge in [-0.15, -0.1) is 6.42 Å². The van der Waals surface area contributed by atoms with Gasteiger partial charge in [-0.3, -0.25) is 14.4 Å². The average Bonchev–Trinajstić information content (AvgIpc) is 3.00. The molecule has 4 rings (SSSR count). The van der Waals surface area contributed by atoms with Crippen molar-refractivity contribution >= 4 is 44.4 Å². The largest absolute Gasteiger partial charge is 0.480 e. The molecule has 0 aliphatic rings. The number of nitrogens with one attached hydrogen (secondary N) is 3. The topological polar surface area (TPSA) is 179 Å². The van der Waals surface area contributed by atoms with Crippen molar-refractivity contribution in [3.63, 3.8) is 0 Å². The number of sulfonamides is 1. The number of terminal acetylenes is 1. The highest BCUT2D eigenvalue weighted by molar-refractivity contribution is 7.90. The SMILES string of the molecule is C#CCN(Cc1cc2c(=O)[nH]c(C)nc2cc1C)c1c(F)cccc1C(=O)NC(CCCC(=O)NS(=O)(=O)c1ccccc1)C(=O)O. The second-order valence-electron chi connectivity index (χ2n) is 10.7. The lowest BCUT2D eigenvalue weighted by molar-refractivity contribution is -0.139. The fourth-order valence-electron chi connectivity index (χ4n) is 4.99. The molecule has 2 amide bonds. The molecule has 0 aliphatic heterocycles. The van der Waals surface area contributed by atoms with Crippen LogP contribution in [0.2, 0.25) is 0 Å². The summed E-state index contributed by atoms with van der Waals surface area (Å²) in [5, 5.41) is 12.5. The summed E-state index contributed by atoms with van der Waals surface area (Å²) in [6.07, 6.45) is 4.96. The number of anilines is 1. The normalized spacial score (nSPS) is 11.8. The number of para-hydroxylation sites is 1. The summed E-state index contributed by atoms with van der Waals surface area (Å²) in [4.78, 5) is 58.7. The molecule has 0 saturated heterocycles. The summed E-state index contributed by atoms with van der Waals surface area (Å²) in [6.45, 7) is 3.33. The monoisotopic (exact) mass is 661 g/mol. The van der Waals surface area contributed by atoms with Gasteiger partial charge < -0.3 is 20.3 Å². The molecule has 0 bridgehead atoms. The molecule has 0 fully saturated rings. The molecule has 244 valence electrons. The van der Waals surface area contributed by atoms with Crippen LogP contribution in [0.5, 0.6) is 0 Å². The number of hydrogen-bond donors (Lipinski definition) is 4. The molecule has 4 aromatic rings. The molecule has 1 heterocycles. The summed E-state index contributed by atoms with van der Waals surface area (Å²) in [6, 6.07) is 12.9. The maximum atomic E-state index is 15.4. The fourth-order valence-corrected chi connectivity index (χ4v) is 6.03. The van der Waals surface area contributed by atoms with Gasteiger partial charge in [-0.25, -0.2) is 27.3 Å². The molecule has 12 nitrogen and oxygen atoms in total. The number of halogens is 1. The zero-order valence-electron chi connectivity index (χ0n) is 25.5. The van der Waals surface area contributed by atoms with E-state index in [-0.39, 0.29) is 54.1 Å². The van der Waals surface area contributed by atoms with Gasteiger partial charge in [-0.05, 0) is 74.2 Å². The van der Waals surface area contributed by atoms with E-state index < -0.39 is 39.7 Å². The van der Waals surface area contributed by atoms with Crippen LogP contribution in [0, 0.1) is 32.0 Å². The van der Waals surface area contributed by atoms with Crippen LogP contribution >= 0.6 is 0 Å². The number of fused-ring (bicyclic) bond motifs is 1. The molecule has 4 N–H and O–H groups in total. The Morgan fingerprint density at radius 3 is 2.51 bits per heavy atom. The Morgan fingerprint density at radius 2 is 1.83 bits per heavy atom. The second-order valence-corrected chi connectivity index (χ2v) is 12.4. The van der Waals surface area contributed by atoms with Crippen LogP contribution < -0.4 is 20.5 Å². The Kier molecular flexibility index (Phi) is 10.7. The molecule has 0 radical (unpaired) electrons. The standard InChI is InChI=1S/C33H32FN5O7S/c1-4-16-39(19-22-18-25-28(17-20(22)2)35-21(3)36-32(25)42)30-24(12-8-13-26(30)34)31(41)37-27(33(43)44)14-9-15-29(40)38-47(45,46)23-10-6-5-7-11-23/h1,5-8,10-13,17-18,27H,9,14-16,19H2,2-3H3,(H,37,41)(H,38,40)(H,43,44)(H,35,36,42). The van der Waals surface area contributed by atoms with E-state index in [0.29, 0.717) is 22.3 Å². The van der Waals surface area contributed by atoms with Crippen LogP contribution in [0.15, 0.2) is 70.4 Å². The summed E-state index contributed by atoms with van der Waals surface area (Å²) in [5.41, 5.74) is 1.13.